The predicted octanol–water partition coefficient (Wildman–Crippen LogP) is 6.13. The Hall–Kier alpha value is -2.13. The van der Waals surface area contributed by atoms with E-state index in [0.29, 0.717) is 0 Å². The van der Waals surface area contributed by atoms with Crippen molar-refractivity contribution in [1.29, 1.82) is 0 Å². The van der Waals surface area contributed by atoms with Gasteiger partial charge in [-0.2, -0.15) is 0 Å². The molecule has 0 saturated carbocycles. The fourth-order valence-corrected chi connectivity index (χ4v) is 3.35. The number of piperidine rings is 1. The molecule has 0 unspecified atom stereocenters. The van der Waals surface area contributed by atoms with Gasteiger partial charge in [0.05, 0.1) is 17.6 Å². The van der Waals surface area contributed by atoms with Crippen LogP contribution in [0.25, 0.3) is 11.0 Å². The highest BCUT2D eigenvalue weighted by Crippen LogP contribution is 2.25. The summed E-state index contributed by atoms with van der Waals surface area (Å²) >= 11 is 0. The van der Waals surface area contributed by atoms with E-state index >= 15 is 0 Å². The Balaban J connectivity index is 0.000000596. The van der Waals surface area contributed by atoms with E-state index in [-0.39, 0.29) is 0 Å². The number of imidazole rings is 1. The minimum Gasteiger partial charge on any atom is -0.341 e. The summed E-state index contributed by atoms with van der Waals surface area (Å²) in [5, 5.41) is 0. The molecule has 3 rings (SSSR count). The van der Waals surface area contributed by atoms with Crippen LogP contribution < -0.4 is 0 Å². The SMILES string of the molecule is C=C/C=C(\C=C)CC1CCN(Cc2nc3ccccc3[nH]2)CC1.CC(C)C. The maximum atomic E-state index is 4.68. The molecule has 1 saturated heterocycles. The molecule has 146 valence electrons. The number of hydrogen-bond acceptors (Lipinski definition) is 2. The van der Waals surface area contributed by atoms with Crippen LogP contribution in [0.4, 0.5) is 0 Å². The van der Waals surface area contributed by atoms with Crippen molar-refractivity contribution in [2.24, 2.45) is 11.8 Å². The van der Waals surface area contributed by atoms with Gasteiger partial charge in [0.1, 0.15) is 5.82 Å². The Bertz CT molecular complexity index is 710. The number of nitrogens with zero attached hydrogens (tertiary/aromatic N) is 2. The van der Waals surface area contributed by atoms with Crippen LogP contribution in [0.3, 0.4) is 0 Å². The lowest BCUT2D eigenvalue weighted by molar-refractivity contribution is 0.174. The van der Waals surface area contributed by atoms with Gasteiger partial charge in [0.15, 0.2) is 0 Å². The Morgan fingerprint density at radius 2 is 1.89 bits per heavy atom. The number of rotatable bonds is 6. The number of aromatic amines is 1. The molecular formula is C24H35N3. The third-order valence-electron chi connectivity index (χ3n) is 4.64. The molecule has 2 heterocycles. The maximum Gasteiger partial charge on any atom is 0.121 e. The van der Waals surface area contributed by atoms with Crippen molar-refractivity contribution in [3.05, 3.63) is 67.0 Å². The molecule has 1 aliphatic heterocycles. The van der Waals surface area contributed by atoms with Crippen LogP contribution in [0.2, 0.25) is 0 Å². The number of fused-ring (bicyclic) bond motifs is 1. The second-order valence-electron chi connectivity index (χ2n) is 8.04. The highest BCUT2D eigenvalue weighted by Gasteiger charge is 2.20. The van der Waals surface area contributed by atoms with Crippen LogP contribution in [-0.2, 0) is 6.54 Å². The lowest BCUT2D eigenvalue weighted by Gasteiger charge is -2.31. The fraction of sp³-hybridized carbons (Fsp3) is 0.458. The average Bonchev–Trinajstić information content (AvgIpc) is 3.04. The second-order valence-corrected chi connectivity index (χ2v) is 8.04. The van der Waals surface area contributed by atoms with Crippen molar-refractivity contribution in [2.75, 3.05) is 13.1 Å². The van der Waals surface area contributed by atoms with Crippen molar-refractivity contribution < 1.29 is 0 Å². The Labute approximate surface area is 164 Å². The van der Waals surface area contributed by atoms with Crippen LogP contribution in [0.5, 0.6) is 0 Å². The molecule has 0 atom stereocenters. The van der Waals surface area contributed by atoms with Gasteiger partial charge in [-0.05, 0) is 61.9 Å². The summed E-state index contributed by atoms with van der Waals surface area (Å²) in [5.74, 6) is 2.66. The van der Waals surface area contributed by atoms with E-state index in [2.05, 4.69) is 67.0 Å². The zero-order chi connectivity index (χ0) is 19.6. The van der Waals surface area contributed by atoms with E-state index in [1.165, 1.54) is 18.4 Å². The molecular weight excluding hydrogens is 330 g/mol. The summed E-state index contributed by atoms with van der Waals surface area (Å²) in [7, 11) is 0. The minimum absolute atomic E-state index is 0.756. The highest BCUT2D eigenvalue weighted by atomic mass is 15.2. The van der Waals surface area contributed by atoms with Crippen LogP contribution in [0.1, 0.15) is 45.9 Å². The first-order valence-electron chi connectivity index (χ1n) is 10.1. The minimum atomic E-state index is 0.756. The fourth-order valence-electron chi connectivity index (χ4n) is 3.35. The van der Waals surface area contributed by atoms with Gasteiger partial charge in [0, 0.05) is 0 Å². The van der Waals surface area contributed by atoms with Gasteiger partial charge in [-0.25, -0.2) is 4.98 Å². The maximum absolute atomic E-state index is 4.68. The monoisotopic (exact) mass is 365 g/mol. The van der Waals surface area contributed by atoms with Crippen LogP contribution in [0, 0.1) is 11.8 Å². The summed E-state index contributed by atoms with van der Waals surface area (Å²) in [4.78, 5) is 10.6. The first kappa shape index (κ1) is 21.2. The number of likely N-dealkylation sites (tertiary alicyclic amines) is 1. The van der Waals surface area contributed by atoms with E-state index in [9.17, 15) is 0 Å². The second kappa shape index (κ2) is 10.9. The lowest BCUT2D eigenvalue weighted by atomic mass is 9.90. The summed E-state index contributed by atoms with van der Waals surface area (Å²) in [6.07, 6.45) is 9.49. The van der Waals surface area contributed by atoms with Crippen molar-refractivity contribution in [1.82, 2.24) is 14.9 Å². The number of nitrogens with one attached hydrogen (secondary N) is 1. The molecule has 3 heteroatoms. The molecule has 0 radical (unpaired) electrons. The van der Waals surface area contributed by atoms with Gasteiger partial charge in [-0.1, -0.05) is 64.3 Å². The van der Waals surface area contributed by atoms with Crippen LogP contribution >= 0.6 is 0 Å². The van der Waals surface area contributed by atoms with Crippen molar-refractivity contribution in [3.8, 4) is 0 Å². The lowest BCUT2D eigenvalue weighted by Crippen LogP contribution is -2.33. The third-order valence-corrected chi connectivity index (χ3v) is 4.64. The van der Waals surface area contributed by atoms with Crippen molar-refractivity contribution in [2.45, 2.75) is 46.6 Å². The predicted molar refractivity (Wildman–Crippen MR) is 118 cm³/mol. The summed E-state index contributed by atoms with van der Waals surface area (Å²) in [6, 6.07) is 8.22. The molecule has 27 heavy (non-hydrogen) atoms. The first-order valence-corrected chi connectivity index (χ1v) is 10.1. The normalized spacial score (nSPS) is 16.2. The van der Waals surface area contributed by atoms with Gasteiger partial charge in [-0.15, -0.1) is 0 Å². The van der Waals surface area contributed by atoms with E-state index in [1.54, 1.807) is 0 Å². The summed E-state index contributed by atoms with van der Waals surface area (Å²) in [6.45, 7) is 17.4. The van der Waals surface area contributed by atoms with Gasteiger partial charge in [-0.3, -0.25) is 4.90 Å². The zero-order valence-corrected chi connectivity index (χ0v) is 17.2. The Morgan fingerprint density at radius 3 is 2.48 bits per heavy atom. The molecule has 0 bridgehead atoms. The molecule has 1 aliphatic rings. The third kappa shape index (κ3) is 7.18. The molecule has 1 aromatic carbocycles. The molecule has 0 amide bonds. The van der Waals surface area contributed by atoms with Crippen LogP contribution in [0.15, 0.2) is 61.2 Å². The standard InChI is InChI=1S/C20H25N3.C4H10/c1-3-7-16(4-2)14-17-10-12-23(13-11-17)15-20-21-18-8-5-6-9-19(18)22-20;1-4(2)3/h3-9,17H,1-2,10-15H2,(H,21,22);4H,1-3H3/b16-7+;. The number of hydrogen-bond donors (Lipinski definition) is 1. The number of para-hydroxylation sites is 2. The number of H-pyrrole nitrogens is 1. The smallest absolute Gasteiger partial charge is 0.121 e. The molecule has 2 aromatic rings. The molecule has 1 N–H and O–H groups in total. The van der Waals surface area contributed by atoms with Gasteiger partial charge in [0.25, 0.3) is 0 Å². The molecule has 0 spiro atoms. The molecule has 0 aliphatic carbocycles. The van der Waals surface area contributed by atoms with E-state index in [4.69, 9.17) is 0 Å². The quantitative estimate of drug-likeness (QED) is 0.625. The van der Waals surface area contributed by atoms with Crippen molar-refractivity contribution in [3.63, 3.8) is 0 Å². The number of benzene rings is 1. The number of aromatic nitrogens is 2. The van der Waals surface area contributed by atoms with Gasteiger partial charge < -0.3 is 4.98 Å². The molecule has 1 fully saturated rings. The first-order chi connectivity index (χ1) is 13.0. The average molecular weight is 366 g/mol. The summed E-state index contributed by atoms with van der Waals surface area (Å²) < 4.78 is 0. The highest BCUT2D eigenvalue weighted by molar-refractivity contribution is 5.74. The van der Waals surface area contributed by atoms with Crippen molar-refractivity contribution >= 4 is 11.0 Å². The summed E-state index contributed by atoms with van der Waals surface area (Å²) in [5.41, 5.74) is 3.49. The van der Waals surface area contributed by atoms with E-state index < -0.39 is 0 Å². The largest absolute Gasteiger partial charge is 0.341 e. The van der Waals surface area contributed by atoms with Crippen LogP contribution in [-0.4, -0.2) is 28.0 Å². The topological polar surface area (TPSA) is 31.9 Å². The van der Waals surface area contributed by atoms with Gasteiger partial charge in [0.2, 0.25) is 0 Å². The molecule has 1 aromatic heterocycles. The molecule has 3 nitrogen and oxygen atoms in total. The van der Waals surface area contributed by atoms with E-state index in [1.807, 2.05) is 24.3 Å². The zero-order valence-electron chi connectivity index (χ0n) is 17.2. The van der Waals surface area contributed by atoms with Gasteiger partial charge >= 0.3 is 0 Å². The Morgan fingerprint density at radius 1 is 1.22 bits per heavy atom. The Kier molecular flexibility index (Phi) is 8.53. The van der Waals surface area contributed by atoms with E-state index in [0.717, 1.165) is 54.7 Å². The number of allylic oxidation sites excluding steroid dienone is 4.